The quantitative estimate of drug-likeness (QED) is 0.413. The Hall–Kier alpha value is -1.90. The summed E-state index contributed by atoms with van der Waals surface area (Å²) in [6.45, 7) is 10.1. The number of carbonyl (C=O) groups is 2. The number of aliphatic hydroxyl groups excluding tert-OH is 1. The first-order chi connectivity index (χ1) is 13.5. The molecule has 0 saturated carbocycles. The van der Waals surface area contributed by atoms with E-state index in [1.54, 1.807) is 19.2 Å². The van der Waals surface area contributed by atoms with Gasteiger partial charge in [0.2, 0.25) is 5.91 Å². The van der Waals surface area contributed by atoms with Gasteiger partial charge in [0.1, 0.15) is 12.4 Å². The van der Waals surface area contributed by atoms with Crippen molar-refractivity contribution < 1.29 is 28.6 Å². The minimum atomic E-state index is -1.81. The van der Waals surface area contributed by atoms with Crippen LogP contribution in [0.4, 0.5) is 0 Å². The second-order valence-corrected chi connectivity index (χ2v) is 13.4. The molecule has 1 amide bonds. The van der Waals surface area contributed by atoms with Gasteiger partial charge in [-0.3, -0.25) is 4.79 Å². The van der Waals surface area contributed by atoms with Gasteiger partial charge in [-0.2, -0.15) is 0 Å². The normalized spacial score (nSPS) is 29.8. The number of aliphatic hydroxyl groups is 1. The molecule has 0 aliphatic carbocycles. The van der Waals surface area contributed by atoms with Crippen LogP contribution in [-0.4, -0.2) is 61.6 Å². The molecular formula is C21H31NO6Si. The van der Waals surface area contributed by atoms with Gasteiger partial charge in [0.25, 0.3) is 0 Å². The number of benzene rings is 1. The van der Waals surface area contributed by atoms with Crippen LogP contribution >= 0.6 is 0 Å². The van der Waals surface area contributed by atoms with E-state index in [0.717, 1.165) is 11.3 Å². The highest BCUT2D eigenvalue weighted by Gasteiger charge is 2.65. The lowest BCUT2D eigenvalue weighted by Crippen LogP contribution is -2.66. The Kier molecular flexibility index (Phi) is 6.07. The zero-order valence-corrected chi connectivity index (χ0v) is 18.9. The number of rotatable bonds is 7. The average molecular weight is 422 g/mol. The fraction of sp³-hybridized carbons (Fsp3) is 0.619. The van der Waals surface area contributed by atoms with E-state index >= 15 is 0 Å². The molecule has 7 nitrogen and oxygen atoms in total. The minimum absolute atomic E-state index is 0.0751. The van der Waals surface area contributed by atoms with Crippen LogP contribution in [0.1, 0.15) is 19.4 Å². The zero-order valence-electron chi connectivity index (χ0n) is 17.9. The molecule has 2 heterocycles. The molecule has 2 fully saturated rings. The summed E-state index contributed by atoms with van der Waals surface area (Å²) in [4.78, 5) is 27.1. The number of methoxy groups -OCH3 is 1. The summed E-state index contributed by atoms with van der Waals surface area (Å²) in [5.74, 6) is -0.548. The molecule has 3 rings (SSSR count). The van der Waals surface area contributed by atoms with Gasteiger partial charge in [0.05, 0.1) is 31.3 Å². The van der Waals surface area contributed by atoms with Crippen molar-refractivity contribution in [3.8, 4) is 5.75 Å². The average Bonchev–Trinajstić information content (AvgIpc) is 2.87. The number of hydrogen-bond donors (Lipinski definition) is 1. The van der Waals surface area contributed by atoms with Crippen molar-refractivity contribution in [2.75, 3.05) is 7.11 Å². The summed E-state index contributed by atoms with van der Waals surface area (Å²) in [6.07, 6.45) is -1.18. The SMILES string of the molecule is COc1ccc(COC(=O)[C@H]2[C@H](O)[C@@H](C)C3[C@H](C(C)O[Si](C)(C)C)C(=O)N32)cc1. The number of β-lactam (4-membered cyclic amide) rings is 1. The molecule has 1 aromatic carbocycles. The maximum atomic E-state index is 12.8. The summed E-state index contributed by atoms with van der Waals surface area (Å²) in [5.41, 5.74) is 0.807. The topological polar surface area (TPSA) is 85.3 Å². The van der Waals surface area contributed by atoms with E-state index in [1.165, 1.54) is 4.90 Å². The summed E-state index contributed by atoms with van der Waals surface area (Å²) in [5, 5.41) is 10.7. The van der Waals surface area contributed by atoms with Crippen LogP contribution < -0.4 is 4.74 Å². The third kappa shape index (κ3) is 4.20. The molecule has 29 heavy (non-hydrogen) atoms. The molecule has 0 radical (unpaired) electrons. The van der Waals surface area contributed by atoms with Crippen LogP contribution in [0, 0.1) is 11.8 Å². The van der Waals surface area contributed by atoms with Gasteiger partial charge in [-0.1, -0.05) is 19.1 Å². The summed E-state index contributed by atoms with van der Waals surface area (Å²) >= 11 is 0. The predicted molar refractivity (Wildman–Crippen MR) is 110 cm³/mol. The Labute approximate surface area is 173 Å². The highest BCUT2D eigenvalue weighted by molar-refractivity contribution is 6.69. The summed E-state index contributed by atoms with van der Waals surface area (Å²) < 4.78 is 16.6. The lowest BCUT2D eigenvalue weighted by atomic mass is 9.79. The molecule has 2 unspecified atom stereocenters. The Balaban J connectivity index is 1.66. The van der Waals surface area contributed by atoms with Gasteiger partial charge < -0.3 is 23.9 Å². The second-order valence-electron chi connectivity index (χ2n) is 8.95. The van der Waals surface area contributed by atoms with E-state index in [9.17, 15) is 14.7 Å². The van der Waals surface area contributed by atoms with Crippen LogP contribution in [0.15, 0.2) is 24.3 Å². The molecule has 0 aromatic heterocycles. The first kappa shape index (κ1) is 21.8. The fourth-order valence-electron chi connectivity index (χ4n) is 4.44. The van der Waals surface area contributed by atoms with Crippen LogP contribution in [0.25, 0.3) is 0 Å². The van der Waals surface area contributed by atoms with Gasteiger partial charge in [0, 0.05) is 5.92 Å². The molecule has 1 N–H and O–H groups in total. The predicted octanol–water partition coefficient (Wildman–Crippen LogP) is 2.18. The maximum Gasteiger partial charge on any atom is 0.331 e. The van der Waals surface area contributed by atoms with Gasteiger partial charge >= 0.3 is 5.97 Å². The number of fused-ring (bicyclic) bond motifs is 1. The molecule has 6 atom stereocenters. The van der Waals surface area contributed by atoms with Crippen molar-refractivity contribution in [1.82, 2.24) is 4.90 Å². The van der Waals surface area contributed by atoms with E-state index < -0.39 is 26.4 Å². The van der Waals surface area contributed by atoms with Crippen molar-refractivity contribution >= 4 is 20.2 Å². The number of amides is 1. The standard InChI is InChI=1S/C21H31NO6Si/c1-12-17-16(13(2)28-29(4,5)6)20(24)22(17)18(19(12)23)21(25)27-11-14-7-9-15(26-3)10-8-14/h7-10,12-13,16-19,23H,11H2,1-6H3/t12-,13?,16-,17?,18+,19+/m0/s1. The highest BCUT2D eigenvalue weighted by Crippen LogP contribution is 2.46. The van der Waals surface area contributed by atoms with E-state index in [0.29, 0.717) is 0 Å². The van der Waals surface area contributed by atoms with Crippen molar-refractivity contribution in [2.24, 2.45) is 11.8 Å². The number of ether oxygens (including phenoxy) is 2. The molecule has 0 spiro atoms. The van der Waals surface area contributed by atoms with Crippen LogP contribution in [0.5, 0.6) is 5.75 Å². The highest BCUT2D eigenvalue weighted by atomic mass is 28.4. The Morgan fingerprint density at radius 3 is 2.41 bits per heavy atom. The van der Waals surface area contributed by atoms with Crippen molar-refractivity contribution in [3.63, 3.8) is 0 Å². The summed E-state index contributed by atoms with van der Waals surface area (Å²) in [6, 6.07) is 6.02. The second kappa shape index (κ2) is 8.08. The summed E-state index contributed by atoms with van der Waals surface area (Å²) in [7, 11) is -0.223. The minimum Gasteiger partial charge on any atom is -0.497 e. The van der Waals surface area contributed by atoms with Crippen LogP contribution in [-0.2, 0) is 25.4 Å². The monoisotopic (exact) mass is 421 g/mol. The van der Waals surface area contributed by atoms with E-state index in [2.05, 4.69) is 19.6 Å². The third-order valence-corrected chi connectivity index (χ3v) is 6.84. The lowest BCUT2D eigenvalue weighted by molar-refractivity contribution is -0.173. The van der Waals surface area contributed by atoms with E-state index in [-0.39, 0.29) is 36.5 Å². The van der Waals surface area contributed by atoms with Gasteiger partial charge in [-0.25, -0.2) is 4.79 Å². The Bertz CT molecular complexity index is 761. The van der Waals surface area contributed by atoms with E-state index in [1.807, 2.05) is 26.0 Å². The van der Waals surface area contributed by atoms with Crippen molar-refractivity contribution in [3.05, 3.63) is 29.8 Å². The fourth-order valence-corrected chi connectivity index (χ4v) is 5.70. The first-order valence-corrected chi connectivity index (χ1v) is 13.4. The lowest BCUT2D eigenvalue weighted by Gasteiger charge is -2.49. The van der Waals surface area contributed by atoms with E-state index in [4.69, 9.17) is 13.9 Å². The molecular weight excluding hydrogens is 390 g/mol. The maximum absolute atomic E-state index is 12.8. The molecule has 1 aromatic rings. The van der Waals surface area contributed by atoms with Crippen molar-refractivity contribution in [1.29, 1.82) is 0 Å². The van der Waals surface area contributed by atoms with Gasteiger partial charge in [-0.05, 0) is 44.3 Å². The number of hydrogen-bond acceptors (Lipinski definition) is 6. The van der Waals surface area contributed by atoms with Crippen LogP contribution in [0.3, 0.4) is 0 Å². The van der Waals surface area contributed by atoms with Crippen molar-refractivity contribution in [2.45, 2.75) is 64.4 Å². The Morgan fingerprint density at radius 2 is 1.86 bits per heavy atom. The smallest absolute Gasteiger partial charge is 0.331 e. The molecule has 2 aliphatic heterocycles. The Morgan fingerprint density at radius 1 is 1.24 bits per heavy atom. The number of carbonyl (C=O) groups excluding carboxylic acids is 2. The van der Waals surface area contributed by atoms with Gasteiger partial charge in [-0.15, -0.1) is 0 Å². The first-order valence-electron chi connectivity index (χ1n) is 10.0. The van der Waals surface area contributed by atoms with Crippen LogP contribution in [0.2, 0.25) is 19.6 Å². The number of nitrogens with zero attached hydrogens (tertiary/aromatic N) is 1. The number of esters is 1. The zero-order chi connectivity index (χ0) is 21.5. The molecule has 2 saturated heterocycles. The molecule has 160 valence electrons. The molecule has 2 aliphatic rings. The largest absolute Gasteiger partial charge is 0.497 e. The molecule has 0 bridgehead atoms. The van der Waals surface area contributed by atoms with Gasteiger partial charge in [0.15, 0.2) is 14.4 Å². The molecule has 8 heteroatoms. The third-order valence-electron chi connectivity index (χ3n) is 5.76.